The van der Waals surface area contributed by atoms with Crippen LogP contribution in [0.3, 0.4) is 0 Å². The van der Waals surface area contributed by atoms with E-state index in [1.54, 1.807) is 26.0 Å². The van der Waals surface area contributed by atoms with Gasteiger partial charge < -0.3 is 9.64 Å². The number of nitriles is 1. The molecule has 0 saturated carbocycles. The minimum Gasteiger partial charge on any atom is -0.366 e. The molecule has 142 valence electrons. The van der Waals surface area contributed by atoms with Crippen LogP contribution >= 0.6 is 0 Å². The third-order valence-electron chi connectivity index (χ3n) is 4.36. The summed E-state index contributed by atoms with van der Waals surface area (Å²) in [5.41, 5.74) is 2.28. The van der Waals surface area contributed by atoms with Gasteiger partial charge in [0.05, 0.1) is 24.8 Å². The van der Waals surface area contributed by atoms with Crippen molar-refractivity contribution in [2.45, 2.75) is 26.1 Å². The summed E-state index contributed by atoms with van der Waals surface area (Å²) in [5, 5.41) is 9.49. The summed E-state index contributed by atoms with van der Waals surface area (Å²) in [4.78, 5) is 5.62. The van der Waals surface area contributed by atoms with Crippen molar-refractivity contribution in [1.29, 1.82) is 5.26 Å². The molecule has 1 aromatic carbocycles. The number of benzene rings is 1. The number of hydrogen-bond acceptors (Lipinski definition) is 4. The van der Waals surface area contributed by atoms with Gasteiger partial charge in [-0.05, 0) is 43.7 Å². The Hall–Kier alpha value is -2.66. The molecular weight excluding hydrogens is 362 g/mol. The highest BCUT2D eigenvalue weighted by Gasteiger charge is 2.43. The predicted molar refractivity (Wildman–Crippen MR) is 91.8 cm³/mol. The molecule has 0 radical (unpaired) electrons. The molecule has 0 N–H and O–H groups in total. The molecule has 2 aromatic rings. The van der Waals surface area contributed by atoms with Crippen LogP contribution in [-0.4, -0.2) is 37.0 Å². The molecule has 1 aromatic heterocycles. The van der Waals surface area contributed by atoms with Gasteiger partial charge in [0.15, 0.2) is 6.10 Å². The quantitative estimate of drug-likeness (QED) is 0.736. The number of anilines is 1. The van der Waals surface area contributed by atoms with Crippen molar-refractivity contribution >= 4 is 5.69 Å². The Bertz CT molecular complexity index is 885. The van der Waals surface area contributed by atoms with Crippen LogP contribution in [0.1, 0.15) is 17.0 Å². The zero-order chi connectivity index (χ0) is 19.8. The average molecular weight is 379 g/mol. The van der Waals surface area contributed by atoms with E-state index in [9.17, 15) is 22.8 Å². The van der Waals surface area contributed by atoms with Crippen LogP contribution < -0.4 is 4.90 Å². The molecule has 1 atom stereocenters. The summed E-state index contributed by atoms with van der Waals surface area (Å²) in [6.07, 6.45) is -6.44. The minimum absolute atomic E-state index is 0.0602. The number of pyridine rings is 1. The number of alkyl halides is 3. The van der Waals surface area contributed by atoms with E-state index in [4.69, 9.17) is 4.74 Å². The van der Waals surface area contributed by atoms with E-state index in [0.717, 1.165) is 0 Å². The van der Waals surface area contributed by atoms with Gasteiger partial charge >= 0.3 is 6.18 Å². The first kappa shape index (κ1) is 19.1. The van der Waals surface area contributed by atoms with Crippen LogP contribution in [0.2, 0.25) is 0 Å². The molecule has 1 unspecified atom stereocenters. The molecule has 1 aliphatic rings. The van der Waals surface area contributed by atoms with Crippen LogP contribution in [0.25, 0.3) is 11.1 Å². The molecule has 0 bridgehead atoms. The summed E-state index contributed by atoms with van der Waals surface area (Å²) >= 11 is 0. The topological polar surface area (TPSA) is 49.1 Å². The Morgan fingerprint density at radius 1 is 1.19 bits per heavy atom. The first-order chi connectivity index (χ1) is 12.7. The Kier molecular flexibility index (Phi) is 5.07. The summed E-state index contributed by atoms with van der Waals surface area (Å²) in [5.74, 6) is -0.663. The number of ether oxygens (including phenoxy) is 1. The summed E-state index contributed by atoms with van der Waals surface area (Å²) in [7, 11) is 0. The molecule has 0 spiro atoms. The molecule has 1 aliphatic heterocycles. The van der Waals surface area contributed by atoms with Crippen molar-refractivity contribution < 1.29 is 22.3 Å². The maximum atomic E-state index is 14.9. The molecule has 1 saturated heterocycles. The largest absolute Gasteiger partial charge is 0.416 e. The third-order valence-corrected chi connectivity index (χ3v) is 4.36. The second kappa shape index (κ2) is 7.16. The van der Waals surface area contributed by atoms with Crippen LogP contribution in [0, 0.1) is 31.0 Å². The van der Waals surface area contributed by atoms with Gasteiger partial charge in [-0.2, -0.15) is 18.4 Å². The molecule has 0 amide bonds. The van der Waals surface area contributed by atoms with Gasteiger partial charge in [0.25, 0.3) is 0 Å². The first-order valence-electron chi connectivity index (χ1n) is 8.31. The normalized spacial score (nSPS) is 17.7. The molecule has 4 nitrogen and oxygen atoms in total. The van der Waals surface area contributed by atoms with Crippen molar-refractivity contribution in [3.63, 3.8) is 0 Å². The second-order valence-corrected chi connectivity index (χ2v) is 6.45. The summed E-state index contributed by atoms with van der Waals surface area (Å²) in [6, 6.07) is 7.87. The van der Waals surface area contributed by atoms with Crippen LogP contribution in [-0.2, 0) is 4.74 Å². The lowest BCUT2D eigenvalue weighted by Gasteiger charge is -2.35. The number of hydrogen-bond donors (Lipinski definition) is 0. The van der Waals surface area contributed by atoms with Crippen molar-refractivity contribution in [1.82, 2.24) is 4.98 Å². The molecular formula is C19H17F4N3O. The van der Waals surface area contributed by atoms with Gasteiger partial charge in [-0.1, -0.05) is 0 Å². The molecule has 8 heteroatoms. The van der Waals surface area contributed by atoms with E-state index in [-0.39, 0.29) is 30.0 Å². The number of morpholine rings is 1. The molecule has 2 heterocycles. The van der Waals surface area contributed by atoms with E-state index in [0.29, 0.717) is 17.0 Å². The van der Waals surface area contributed by atoms with Crippen molar-refractivity contribution in [2.75, 3.05) is 24.6 Å². The average Bonchev–Trinajstić information content (AvgIpc) is 2.59. The number of halogens is 4. The Morgan fingerprint density at radius 3 is 2.44 bits per heavy atom. The molecule has 27 heavy (non-hydrogen) atoms. The number of rotatable bonds is 2. The molecule has 3 rings (SSSR count). The molecule has 1 fully saturated rings. The lowest BCUT2D eigenvalue weighted by molar-refractivity contribution is -0.221. The SMILES string of the molecule is Cc1cc(-c2c(F)cc(N3CCOC(C(F)(F)F)C3)cc2C#N)cc(C)n1. The maximum absolute atomic E-state index is 14.9. The zero-order valence-electron chi connectivity index (χ0n) is 14.8. The maximum Gasteiger partial charge on any atom is 0.416 e. The Balaban J connectivity index is 2.01. The number of aryl methyl sites for hydroxylation is 2. The highest BCUT2D eigenvalue weighted by molar-refractivity contribution is 5.75. The van der Waals surface area contributed by atoms with E-state index >= 15 is 0 Å². The minimum atomic E-state index is -4.50. The van der Waals surface area contributed by atoms with Gasteiger partial charge in [-0.15, -0.1) is 0 Å². The summed E-state index contributed by atoms with van der Waals surface area (Å²) in [6.45, 7) is 3.14. The van der Waals surface area contributed by atoms with Gasteiger partial charge in [0, 0.05) is 29.2 Å². The second-order valence-electron chi connectivity index (χ2n) is 6.45. The van der Waals surface area contributed by atoms with E-state index < -0.39 is 24.6 Å². The van der Waals surface area contributed by atoms with Gasteiger partial charge in [0.2, 0.25) is 0 Å². The Morgan fingerprint density at radius 2 is 1.85 bits per heavy atom. The predicted octanol–water partition coefficient (Wildman–Crippen LogP) is 4.14. The van der Waals surface area contributed by atoms with Crippen molar-refractivity contribution in [2.24, 2.45) is 0 Å². The monoisotopic (exact) mass is 379 g/mol. The standard InChI is InChI=1S/C19H17F4N3O/c1-11-5-13(6-12(2)25-11)18-14(9-24)7-15(8-16(18)20)26-3-4-27-17(10-26)19(21,22)23/h5-8,17H,3-4,10H2,1-2H3. The van der Waals surface area contributed by atoms with Gasteiger partial charge in [-0.3, -0.25) is 4.98 Å². The van der Waals surface area contributed by atoms with Crippen molar-refractivity contribution in [3.8, 4) is 17.2 Å². The fourth-order valence-electron chi connectivity index (χ4n) is 3.22. The van der Waals surface area contributed by atoms with Gasteiger partial charge in [0.1, 0.15) is 5.82 Å². The molecule has 0 aliphatic carbocycles. The van der Waals surface area contributed by atoms with Crippen LogP contribution in [0.4, 0.5) is 23.2 Å². The van der Waals surface area contributed by atoms with Crippen LogP contribution in [0.5, 0.6) is 0 Å². The van der Waals surface area contributed by atoms with Crippen LogP contribution in [0.15, 0.2) is 24.3 Å². The highest BCUT2D eigenvalue weighted by Crippen LogP contribution is 2.33. The van der Waals surface area contributed by atoms with Crippen molar-refractivity contribution in [3.05, 3.63) is 47.0 Å². The summed E-state index contributed by atoms with van der Waals surface area (Å²) < 4.78 is 58.4. The third kappa shape index (κ3) is 4.03. The lowest BCUT2D eigenvalue weighted by Crippen LogP contribution is -2.49. The lowest BCUT2D eigenvalue weighted by atomic mass is 9.98. The first-order valence-corrected chi connectivity index (χ1v) is 8.31. The van der Waals surface area contributed by atoms with E-state index in [1.165, 1.54) is 17.0 Å². The highest BCUT2D eigenvalue weighted by atomic mass is 19.4. The fourth-order valence-corrected chi connectivity index (χ4v) is 3.22. The fraction of sp³-hybridized carbons (Fsp3) is 0.368. The van der Waals surface area contributed by atoms with E-state index in [2.05, 4.69) is 4.98 Å². The smallest absolute Gasteiger partial charge is 0.366 e. The van der Waals surface area contributed by atoms with E-state index in [1.807, 2.05) is 6.07 Å². The number of aromatic nitrogens is 1. The number of nitrogens with zero attached hydrogens (tertiary/aromatic N) is 3. The van der Waals surface area contributed by atoms with Gasteiger partial charge in [-0.25, -0.2) is 4.39 Å². The zero-order valence-corrected chi connectivity index (χ0v) is 14.8. The Labute approximate surface area is 154 Å².